The number of hydrogen-bond acceptors (Lipinski definition) is 6. The van der Waals surface area contributed by atoms with Crippen molar-refractivity contribution in [2.75, 3.05) is 13.2 Å². The first kappa shape index (κ1) is 21.3. The fourth-order valence-electron chi connectivity index (χ4n) is 4.29. The molecule has 0 spiro atoms. The first-order valence-electron chi connectivity index (χ1n) is 11.0. The van der Waals surface area contributed by atoms with Crippen LogP contribution in [-0.4, -0.2) is 45.3 Å². The molecule has 4 aromatic rings. The normalized spacial score (nSPS) is 20.0. The second kappa shape index (κ2) is 8.41. The molecule has 0 atom stereocenters. The standard InChI is InChI=1S/C26H25N3O4/c1-16-3-4-17-7-8-27-23(24(17)29-16)19-11-18-5-6-20(12-22(18)28-15-19)32-9-10-33-21-13-26(2,14-21)25(30)31/h3-8,11-12,15,21H,9-10,13-14H2,1-2H3,(H,30,31)/t21-,26+. The third-order valence-electron chi connectivity index (χ3n) is 6.26. The van der Waals surface area contributed by atoms with Crippen molar-refractivity contribution in [2.24, 2.45) is 5.41 Å². The van der Waals surface area contributed by atoms with Crippen molar-refractivity contribution >= 4 is 27.8 Å². The van der Waals surface area contributed by atoms with Crippen molar-refractivity contribution in [2.45, 2.75) is 32.8 Å². The summed E-state index contributed by atoms with van der Waals surface area (Å²) >= 11 is 0. The van der Waals surface area contributed by atoms with Gasteiger partial charge in [-0.25, -0.2) is 0 Å². The molecular formula is C26H25N3O4. The molecule has 0 saturated heterocycles. The Morgan fingerprint density at radius 1 is 1.09 bits per heavy atom. The number of aryl methyl sites for hydroxylation is 1. The predicted octanol–water partition coefficient (Wildman–Crippen LogP) is 4.80. The molecule has 3 aromatic heterocycles. The van der Waals surface area contributed by atoms with Gasteiger partial charge in [0.25, 0.3) is 0 Å². The highest BCUT2D eigenvalue weighted by Crippen LogP contribution is 2.42. The molecule has 0 radical (unpaired) electrons. The van der Waals surface area contributed by atoms with Gasteiger partial charge < -0.3 is 14.6 Å². The van der Waals surface area contributed by atoms with Crippen LogP contribution in [0.3, 0.4) is 0 Å². The summed E-state index contributed by atoms with van der Waals surface area (Å²) in [4.78, 5) is 25.0. The molecule has 7 heteroatoms. The second-order valence-corrected chi connectivity index (χ2v) is 8.88. The van der Waals surface area contributed by atoms with E-state index in [1.807, 2.05) is 43.5 Å². The summed E-state index contributed by atoms with van der Waals surface area (Å²) in [6, 6.07) is 13.9. The monoisotopic (exact) mass is 443 g/mol. The van der Waals surface area contributed by atoms with Gasteiger partial charge in [0.2, 0.25) is 0 Å². The Morgan fingerprint density at radius 3 is 2.73 bits per heavy atom. The van der Waals surface area contributed by atoms with Gasteiger partial charge in [-0.05, 0) is 57.0 Å². The molecule has 168 valence electrons. The van der Waals surface area contributed by atoms with Gasteiger partial charge in [0.1, 0.15) is 12.4 Å². The SMILES string of the molecule is Cc1ccc2ccnc(-c3cnc4cc(OCCO[C@H]5C[C@@](C)(C(=O)O)C5)ccc4c3)c2n1. The molecule has 5 rings (SSSR count). The van der Waals surface area contributed by atoms with Gasteiger partial charge in [0, 0.05) is 40.5 Å². The number of benzene rings is 1. The predicted molar refractivity (Wildman–Crippen MR) is 125 cm³/mol. The molecule has 1 aliphatic carbocycles. The van der Waals surface area contributed by atoms with Crippen LogP contribution in [0.15, 0.2) is 54.9 Å². The average Bonchev–Trinajstić information content (AvgIpc) is 2.79. The summed E-state index contributed by atoms with van der Waals surface area (Å²) < 4.78 is 11.5. The Kier molecular flexibility index (Phi) is 5.42. The van der Waals surface area contributed by atoms with E-state index in [0.717, 1.165) is 44.5 Å². The van der Waals surface area contributed by atoms with Gasteiger partial charge in [0.15, 0.2) is 0 Å². The smallest absolute Gasteiger partial charge is 0.309 e. The highest BCUT2D eigenvalue weighted by atomic mass is 16.5. The zero-order chi connectivity index (χ0) is 23.0. The van der Waals surface area contributed by atoms with Gasteiger partial charge in [-0.2, -0.15) is 0 Å². The lowest BCUT2D eigenvalue weighted by Crippen LogP contribution is -2.46. The van der Waals surface area contributed by atoms with Crippen molar-refractivity contribution in [3.8, 4) is 17.0 Å². The molecule has 0 aliphatic heterocycles. The minimum atomic E-state index is -0.756. The Hall–Kier alpha value is -3.58. The summed E-state index contributed by atoms with van der Waals surface area (Å²) in [7, 11) is 0. The molecule has 3 heterocycles. The van der Waals surface area contributed by atoms with E-state index >= 15 is 0 Å². The lowest BCUT2D eigenvalue weighted by molar-refractivity contribution is -0.165. The van der Waals surface area contributed by atoms with Crippen LogP contribution in [-0.2, 0) is 9.53 Å². The summed E-state index contributed by atoms with van der Waals surface area (Å²) in [5, 5.41) is 11.2. The number of carbonyl (C=O) groups is 1. The number of nitrogens with zero attached hydrogens (tertiary/aromatic N) is 3. The van der Waals surface area contributed by atoms with Crippen molar-refractivity contribution in [1.82, 2.24) is 15.0 Å². The van der Waals surface area contributed by atoms with Gasteiger partial charge >= 0.3 is 5.97 Å². The van der Waals surface area contributed by atoms with Crippen LogP contribution in [0.25, 0.3) is 33.1 Å². The van der Waals surface area contributed by atoms with Crippen molar-refractivity contribution in [3.63, 3.8) is 0 Å². The average molecular weight is 444 g/mol. The quantitative estimate of drug-likeness (QED) is 0.410. The fraction of sp³-hybridized carbons (Fsp3) is 0.308. The maximum absolute atomic E-state index is 11.2. The highest BCUT2D eigenvalue weighted by molar-refractivity contribution is 5.93. The summed E-state index contributed by atoms with van der Waals surface area (Å²) in [5.41, 5.74) is 3.74. The molecule has 1 aliphatic rings. The fourth-order valence-corrected chi connectivity index (χ4v) is 4.29. The first-order chi connectivity index (χ1) is 15.9. The maximum atomic E-state index is 11.2. The topological polar surface area (TPSA) is 94.4 Å². The zero-order valence-electron chi connectivity index (χ0n) is 18.6. The van der Waals surface area contributed by atoms with Crippen LogP contribution in [0.1, 0.15) is 25.5 Å². The van der Waals surface area contributed by atoms with Crippen LogP contribution in [0.5, 0.6) is 5.75 Å². The Balaban J connectivity index is 1.25. The van der Waals surface area contributed by atoms with E-state index in [0.29, 0.717) is 26.1 Å². The molecule has 7 nitrogen and oxygen atoms in total. The van der Waals surface area contributed by atoms with E-state index in [1.165, 1.54) is 0 Å². The van der Waals surface area contributed by atoms with Crippen LogP contribution < -0.4 is 4.74 Å². The Morgan fingerprint density at radius 2 is 1.91 bits per heavy atom. The van der Waals surface area contributed by atoms with Crippen LogP contribution in [0.4, 0.5) is 0 Å². The van der Waals surface area contributed by atoms with Crippen LogP contribution in [0.2, 0.25) is 0 Å². The minimum absolute atomic E-state index is 0.00709. The zero-order valence-corrected chi connectivity index (χ0v) is 18.6. The molecule has 0 unspecified atom stereocenters. The molecule has 33 heavy (non-hydrogen) atoms. The molecule has 1 fully saturated rings. The van der Waals surface area contributed by atoms with Crippen molar-refractivity contribution < 1.29 is 19.4 Å². The van der Waals surface area contributed by atoms with Gasteiger partial charge in [-0.3, -0.25) is 19.7 Å². The number of pyridine rings is 3. The number of rotatable bonds is 7. The largest absolute Gasteiger partial charge is 0.491 e. The lowest BCUT2D eigenvalue weighted by atomic mass is 9.68. The van der Waals surface area contributed by atoms with Crippen LogP contribution in [0, 0.1) is 12.3 Å². The molecule has 0 bridgehead atoms. The minimum Gasteiger partial charge on any atom is -0.491 e. The highest BCUT2D eigenvalue weighted by Gasteiger charge is 2.47. The van der Waals surface area contributed by atoms with E-state index in [4.69, 9.17) is 14.6 Å². The maximum Gasteiger partial charge on any atom is 0.309 e. The molecule has 1 N–H and O–H groups in total. The number of fused-ring (bicyclic) bond motifs is 2. The molecule has 0 amide bonds. The van der Waals surface area contributed by atoms with E-state index in [9.17, 15) is 4.79 Å². The number of carboxylic acid groups (broad SMARTS) is 1. The molecule has 1 aromatic carbocycles. The van der Waals surface area contributed by atoms with E-state index in [1.54, 1.807) is 13.1 Å². The van der Waals surface area contributed by atoms with E-state index in [2.05, 4.69) is 27.1 Å². The van der Waals surface area contributed by atoms with Crippen molar-refractivity contribution in [3.05, 3.63) is 60.6 Å². The number of aliphatic carboxylic acids is 1. The number of ether oxygens (including phenoxy) is 2. The van der Waals surface area contributed by atoms with Gasteiger partial charge in [-0.15, -0.1) is 0 Å². The summed E-state index contributed by atoms with van der Waals surface area (Å²) in [6.45, 7) is 4.55. The number of aromatic nitrogens is 3. The van der Waals surface area contributed by atoms with E-state index in [-0.39, 0.29) is 6.10 Å². The second-order valence-electron chi connectivity index (χ2n) is 8.88. The molecular weight excluding hydrogens is 418 g/mol. The number of hydrogen-bond donors (Lipinski definition) is 1. The number of carboxylic acids is 1. The molecule has 1 saturated carbocycles. The summed E-state index contributed by atoms with van der Waals surface area (Å²) in [6.07, 6.45) is 4.70. The first-order valence-corrected chi connectivity index (χ1v) is 11.0. The van der Waals surface area contributed by atoms with E-state index < -0.39 is 11.4 Å². The third-order valence-corrected chi connectivity index (χ3v) is 6.26. The Bertz CT molecular complexity index is 1350. The third kappa shape index (κ3) is 4.24. The van der Waals surface area contributed by atoms with Crippen LogP contribution >= 0.6 is 0 Å². The van der Waals surface area contributed by atoms with Gasteiger partial charge in [-0.1, -0.05) is 6.07 Å². The lowest BCUT2D eigenvalue weighted by Gasteiger charge is -2.41. The Labute approximate surface area is 191 Å². The van der Waals surface area contributed by atoms with Gasteiger partial charge in [0.05, 0.1) is 34.9 Å². The van der Waals surface area contributed by atoms with Crippen molar-refractivity contribution in [1.29, 1.82) is 0 Å². The summed E-state index contributed by atoms with van der Waals surface area (Å²) in [5.74, 6) is -0.0380.